The van der Waals surface area contributed by atoms with Gasteiger partial charge in [0.15, 0.2) is 0 Å². The molecule has 0 radical (unpaired) electrons. The van der Waals surface area contributed by atoms with Gasteiger partial charge in [0.2, 0.25) is 0 Å². The van der Waals surface area contributed by atoms with E-state index in [0.717, 1.165) is 4.48 Å². The van der Waals surface area contributed by atoms with E-state index in [1.54, 1.807) is 0 Å². The van der Waals surface area contributed by atoms with E-state index in [1.165, 1.54) is 19.3 Å². The van der Waals surface area contributed by atoms with Gasteiger partial charge in [-0.15, -0.1) is 0 Å². The van der Waals surface area contributed by atoms with Crippen LogP contribution in [0.25, 0.3) is 0 Å². The number of hydrogen-bond acceptors (Lipinski definition) is 0. The lowest BCUT2D eigenvalue weighted by molar-refractivity contribution is -0.985. The lowest BCUT2D eigenvalue weighted by Crippen LogP contribution is -2.68. The van der Waals surface area contributed by atoms with Crippen molar-refractivity contribution in [3.8, 4) is 0 Å². The van der Waals surface area contributed by atoms with Crippen molar-refractivity contribution in [2.75, 3.05) is 14.1 Å². The minimum Gasteiger partial charge on any atom is -0.319 e. The first-order valence-electron chi connectivity index (χ1n) is 8.32. The third-order valence-corrected chi connectivity index (χ3v) is 5.50. The van der Waals surface area contributed by atoms with Crippen LogP contribution in [0.4, 0.5) is 0 Å². The Balaban J connectivity index is 5.55. The van der Waals surface area contributed by atoms with E-state index >= 15 is 0 Å². The molecule has 0 aliphatic heterocycles. The molecule has 0 aromatic heterocycles. The Bertz CT molecular complexity index is 312. The number of hydrogen-bond donors (Lipinski definition) is 0. The molecule has 0 saturated carbocycles. The molecule has 122 valence electrons. The molecule has 0 heterocycles. The quantitative estimate of drug-likeness (QED) is 0.553. The molecule has 0 aromatic rings. The molecule has 0 amide bonds. The van der Waals surface area contributed by atoms with Gasteiger partial charge < -0.3 is 4.48 Å². The van der Waals surface area contributed by atoms with E-state index in [0.29, 0.717) is 16.4 Å². The normalized spacial score (nSPS) is 18.0. The van der Waals surface area contributed by atoms with Gasteiger partial charge in [-0.25, -0.2) is 0 Å². The van der Waals surface area contributed by atoms with Crippen molar-refractivity contribution in [1.82, 2.24) is 0 Å². The Kier molecular flexibility index (Phi) is 5.62. The Morgan fingerprint density at radius 3 is 1.25 bits per heavy atom. The Labute approximate surface area is 129 Å². The average molecular weight is 285 g/mol. The van der Waals surface area contributed by atoms with Gasteiger partial charge in [0.1, 0.15) is 0 Å². The van der Waals surface area contributed by atoms with Crippen molar-refractivity contribution in [2.24, 2.45) is 10.8 Å². The van der Waals surface area contributed by atoms with Gasteiger partial charge in [-0.1, -0.05) is 48.5 Å². The zero-order chi connectivity index (χ0) is 16.6. The number of nitrogens with zero attached hydrogens (tertiary/aromatic N) is 1. The molecule has 1 unspecified atom stereocenters. The molecular formula is C19H42N+. The smallest absolute Gasteiger partial charge is 0.0966 e. The Hall–Kier alpha value is -0.0400. The molecule has 0 aliphatic rings. The number of rotatable bonds is 5. The van der Waals surface area contributed by atoms with E-state index < -0.39 is 0 Å². The molecule has 0 spiro atoms. The van der Waals surface area contributed by atoms with Gasteiger partial charge in [0, 0.05) is 12.8 Å². The molecule has 0 aromatic carbocycles. The summed E-state index contributed by atoms with van der Waals surface area (Å²) in [6, 6.07) is 0. The van der Waals surface area contributed by atoms with Gasteiger partial charge in [-0.05, 0) is 38.0 Å². The van der Waals surface area contributed by atoms with E-state index in [4.69, 9.17) is 0 Å². The van der Waals surface area contributed by atoms with Gasteiger partial charge in [-0.2, -0.15) is 0 Å². The van der Waals surface area contributed by atoms with Gasteiger partial charge in [-0.3, -0.25) is 0 Å². The molecule has 1 nitrogen and oxygen atoms in total. The SMILES string of the molecule is CCC(C)(CC(C)(C)C)[N+](C)(C)C(C)(C)CC(C)(C)C. The summed E-state index contributed by atoms with van der Waals surface area (Å²) in [6.45, 7) is 24.0. The predicted molar refractivity (Wildman–Crippen MR) is 93.0 cm³/mol. The molecule has 0 bridgehead atoms. The van der Waals surface area contributed by atoms with Crippen molar-refractivity contribution in [2.45, 2.75) is 99.6 Å². The summed E-state index contributed by atoms with van der Waals surface area (Å²) in [5.41, 5.74) is 1.33. The first-order valence-corrected chi connectivity index (χ1v) is 8.32. The summed E-state index contributed by atoms with van der Waals surface area (Å²) in [6.07, 6.45) is 3.73. The molecule has 0 N–H and O–H groups in total. The molecule has 0 aliphatic carbocycles. The second-order valence-electron chi connectivity index (χ2n) is 10.6. The van der Waals surface area contributed by atoms with Crippen LogP contribution in [0.3, 0.4) is 0 Å². The molecule has 0 rings (SSSR count). The second kappa shape index (κ2) is 5.63. The monoisotopic (exact) mass is 284 g/mol. The minimum atomic E-state index is 0.272. The van der Waals surface area contributed by atoms with Crippen LogP contribution >= 0.6 is 0 Å². The summed E-state index contributed by atoms with van der Waals surface area (Å²) in [5, 5.41) is 0. The van der Waals surface area contributed by atoms with Crippen LogP contribution in [0.2, 0.25) is 0 Å². The van der Waals surface area contributed by atoms with Crippen LogP contribution in [-0.4, -0.2) is 29.7 Å². The maximum absolute atomic E-state index is 2.49. The van der Waals surface area contributed by atoms with Crippen LogP contribution in [0.1, 0.15) is 88.5 Å². The van der Waals surface area contributed by atoms with Crippen LogP contribution in [0, 0.1) is 10.8 Å². The highest BCUT2D eigenvalue weighted by Gasteiger charge is 2.51. The highest BCUT2D eigenvalue weighted by atomic mass is 15.4. The third-order valence-electron chi connectivity index (χ3n) is 5.50. The lowest BCUT2D eigenvalue weighted by Gasteiger charge is -2.58. The molecule has 20 heavy (non-hydrogen) atoms. The van der Waals surface area contributed by atoms with E-state index in [-0.39, 0.29) is 5.54 Å². The fourth-order valence-corrected chi connectivity index (χ4v) is 4.09. The summed E-state index contributed by atoms with van der Waals surface area (Å²) >= 11 is 0. The maximum atomic E-state index is 2.49. The summed E-state index contributed by atoms with van der Waals surface area (Å²) in [7, 11) is 4.89. The number of quaternary nitrogens is 1. The first kappa shape index (κ1) is 20.0. The zero-order valence-electron chi connectivity index (χ0n) is 16.6. The summed E-state index contributed by atoms with van der Waals surface area (Å²) in [5.74, 6) is 0. The van der Waals surface area contributed by atoms with Gasteiger partial charge in [0.25, 0.3) is 0 Å². The molecule has 0 saturated heterocycles. The fraction of sp³-hybridized carbons (Fsp3) is 1.00. The van der Waals surface area contributed by atoms with Gasteiger partial charge >= 0.3 is 0 Å². The fourth-order valence-electron chi connectivity index (χ4n) is 4.09. The van der Waals surface area contributed by atoms with Gasteiger partial charge in [0.05, 0.1) is 25.2 Å². The maximum Gasteiger partial charge on any atom is 0.0966 e. The standard InChI is InChI=1S/C19H42N/c1-13-19(10,15-17(5,6)7)20(11,12)18(8,9)14-16(2,3)4/h13-15H2,1-12H3/q+1. The van der Waals surface area contributed by atoms with Crippen molar-refractivity contribution in [1.29, 1.82) is 0 Å². The van der Waals surface area contributed by atoms with Crippen molar-refractivity contribution >= 4 is 0 Å². The highest BCUT2D eigenvalue weighted by Crippen LogP contribution is 2.45. The summed E-state index contributed by atoms with van der Waals surface area (Å²) < 4.78 is 1.09. The highest BCUT2D eigenvalue weighted by molar-refractivity contribution is 4.87. The second-order valence-corrected chi connectivity index (χ2v) is 10.6. The predicted octanol–water partition coefficient (Wildman–Crippen LogP) is 5.88. The topological polar surface area (TPSA) is 0 Å². The van der Waals surface area contributed by atoms with Crippen LogP contribution < -0.4 is 0 Å². The van der Waals surface area contributed by atoms with Crippen LogP contribution in [-0.2, 0) is 0 Å². The molecule has 1 heteroatoms. The molecular weight excluding hydrogens is 242 g/mol. The Morgan fingerprint density at radius 2 is 1.00 bits per heavy atom. The van der Waals surface area contributed by atoms with E-state index in [2.05, 4.69) is 83.3 Å². The Morgan fingerprint density at radius 1 is 0.650 bits per heavy atom. The summed E-state index contributed by atoms with van der Waals surface area (Å²) in [4.78, 5) is 0. The first-order chi connectivity index (χ1) is 8.47. The van der Waals surface area contributed by atoms with Crippen molar-refractivity contribution in [3.05, 3.63) is 0 Å². The third kappa shape index (κ3) is 4.76. The average Bonchev–Trinajstić information content (AvgIpc) is 2.10. The van der Waals surface area contributed by atoms with E-state index in [9.17, 15) is 0 Å². The van der Waals surface area contributed by atoms with Crippen molar-refractivity contribution < 1.29 is 4.48 Å². The van der Waals surface area contributed by atoms with E-state index in [1.807, 2.05) is 0 Å². The van der Waals surface area contributed by atoms with Crippen LogP contribution in [0.5, 0.6) is 0 Å². The largest absolute Gasteiger partial charge is 0.319 e. The lowest BCUT2D eigenvalue weighted by atomic mass is 9.72. The molecule has 0 fully saturated rings. The molecule has 1 atom stereocenters. The van der Waals surface area contributed by atoms with Crippen molar-refractivity contribution in [3.63, 3.8) is 0 Å². The minimum absolute atomic E-state index is 0.272. The van der Waals surface area contributed by atoms with Crippen LogP contribution in [0.15, 0.2) is 0 Å². The zero-order valence-corrected chi connectivity index (χ0v) is 16.6.